The molecule has 0 aliphatic carbocycles. The van der Waals surface area contributed by atoms with Crippen molar-refractivity contribution in [1.29, 1.82) is 0 Å². The molecule has 0 N–H and O–H groups in total. The Morgan fingerprint density at radius 3 is 2.79 bits per heavy atom. The molecule has 1 aromatic carbocycles. The van der Waals surface area contributed by atoms with Gasteiger partial charge in [-0.1, -0.05) is 24.3 Å². The third kappa shape index (κ3) is 2.68. The van der Waals surface area contributed by atoms with E-state index in [1.54, 1.807) is 11.3 Å². The van der Waals surface area contributed by atoms with Crippen molar-refractivity contribution in [3.05, 3.63) is 51.5 Å². The van der Waals surface area contributed by atoms with Gasteiger partial charge in [-0.05, 0) is 24.5 Å². The summed E-state index contributed by atoms with van der Waals surface area (Å²) >= 11 is 1.64. The fraction of sp³-hybridized carbons (Fsp3) is 0.333. The number of carbonyl (C=O) groups excluding carboxylic acids is 1. The molecular weight excluding hydrogens is 256 g/mol. The molecule has 1 amide bonds. The normalized spacial score (nSPS) is 15.2. The molecule has 0 radical (unpaired) electrons. The van der Waals surface area contributed by atoms with Gasteiger partial charge in [-0.2, -0.15) is 0 Å². The molecule has 0 fully saturated rings. The summed E-state index contributed by atoms with van der Waals surface area (Å²) in [6.45, 7) is 3.32. The zero-order chi connectivity index (χ0) is 13.2. The van der Waals surface area contributed by atoms with Crippen molar-refractivity contribution in [2.75, 3.05) is 0 Å². The van der Waals surface area contributed by atoms with Crippen molar-refractivity contribution in [1.82, 2.24) is 9.88 Å². The van der Waals surface area contributed by atoms with Crippen LogP contribution in [0.3, 0.4) is 0 Å². The summed E-state index contributed by atoms with van der Waals surface area (Å²) in [6, 6.07) is 8.33. The Kier molecular flexibility index (Phi) is 3.34. The number of hydrogen-bond donors (Lipinski definition) is 0. The van der Waals surface area contributed by atoms with Crippen LogP contribution in [-0.4, -0.2) is 15.8 Å². The Labute approximate surface area is 116 Å². The van der Waals surface area contributed by atoms with Crippen molar-refractivity contribution >= 4 is 17.2 Å². The Hall–Kier alpha value is -1.68. The average Bonchev–Trinajstić information content (AvgIpc) is 2.74. The van der Waals surface area contributed by atoms with Crippen LogP contribution in [0.1, 0.15) is 28.2 Å². The summed E-state index contributed by atoms with van der Waals surface area (Å²) in [7, 11) is 0. The fourth-order valence-corrected chi connectivity index (χ4v) is 3.07. The summed E-state index contributed by atoms with van der Waals surface area (Å²) in [4.78, 5) is 18.6. The van der Waals surface area contributed by atoms with Crippen molar-refractivity contribution in [3.8, 4) is 0 Å². The average molecular weight is 272 g/mol. The van der Waals surface area contributed by atoms with Gasteiger partial charge in [0, 0.05) is 18.3 Å². The standard InChI is InChI=1S/C15H16N2OS/c1-11-16-14(10-19-11)9-17-8-13-5-3-2-4-12(13)6-7-15(17)18/h2-5,10H,6-9H2,1H3. The lowest BCUT2D eigenvalue weighted by Crippen LogP contribution is -2.28. The predicted octanol–water partition coefficient (Wildman–Crippen LogP) is 2.93. The maximum atomic E-state index is 12.2. The summed E-state index contributed by atoms with van der Waals surface area (Å²) in [6.07, 6.45) is 1.45. The van der Waals surface area contributed by atoms with E-state index in [1.165, 1.54) is 11.1 Å². The van der Waals surface area contributed by atoms with E-state index in [-0.39, 0.29) is 5.91 Å². The van der Waals surface area contributed by atoms with Crippen molar-refractivity contribution < 1.29 is 4.79 Å². The number of benzene rings is 1. The van der Waals surface area contributed by atoms with Gasteiger partial charge in [0.1, 0.15) is 0 Å². The fourth-order valence-electron chi connectivity index (χ4n) is 2.47. The highest BCUT2D eigenvalue weighted by Crippen LogP contribution is 2.21. The number of aryl methyl sites for hydroxylation is 2. The van der Waals surface area contributed by atoms with Gasteiger partial charge in [0.05, 0.1) is 17.2 Å². The number of nitrogens with zero attached hydrogens (tertiary/aromatic N) is 2. The third-order valence-corrected chi connectivity index (χ3v) is 4.28. The van der Waals surface area contributed by atoms with Crippen LogP contribution < -0.4 is 0 Å². The van der Waals surface area contributed by atoms with Crippen LogP contribution in [0.5, 0.6) is 0 Å². The molecule has 4 heteroatoms. The van der Waals surface area contributed by atoms with Gasteiger partial charge in [-0.15, -0.1) is 11.3 Å². The number of carbonyl (C=O) groups is 1. The highest BCUT2D eigenvalue weighted by Gasteiger charge is 2.20. The Balaban J connectivity index is 1.83. The minimum atomic E-state index is 0.224. The second-order valence-corrected chi connectivity index (χ2v) is 5.94. The second kappa shape index (κ2) is 5.13. The second-order valence-electron chi connectivity index (χ2n) is 4.88. The molecule has 2 heterocycles. The third-order valence-electron chi connectivity index (χ3n) is 3.46. The molecule has 1 aromatic heterocycles. The first-order valence-corrected chi connectivity index (χ1v) is 7.36. The van der Waals surface area contributed by atoms with E-state index in [2.05, 4.69) is 17.1 Å². The van der Waals surface area contributed by atoms with Crippen LogP contribution in [-0.2, 0) is 24.3 Å². The van der Waals surface area contributed by atoms with Crippen LogP contribution >= 0.6 is 11.3 Å². The van der Waals surface area contributed by atoms with Gasteiger partial charge in [-0.3, -0.25) is 4.79 Å². The van der Waals surface area contributed by atoms with Crippen LogP contribution in [0.15, 0.2) is 29.6 Å². The number of amides is 1. The number of fused-ring (bicyclic) bond motifs is 1. The predicted molar refractivity (Wildman–Crippen MR) is 75.9 cm³/mol. The molecule has 0 atom stereocenters. The molecule has 3 nitrogen and oxygen atoms in total. The monoisotopic (exact) mass is 272 g/mol. The van der Waals surface area contributed by atoms with Gasteiger partial charge in [0.15, 0.2) is 0 Å². The van der Waals surface area contributed by atoms with Crippen LogP contribution in [0.25, 0.3) is 0 Å². The lowest BCUT2D eigenvalue weighted by atomic mass is 10.0. The summed E-state index contributed by atoms with van der Waals surface area (Å²) in [5.74, 6) is 0.224. The summed E-state index contributed by atoms with van der Waals surface area (Å²) in [5, 5.41) is 3.09. The maximum Gasteiger partial charge on any atom is 0.223 e. The minimum Gasteiger partial charge on any atom is -0.332 e. The smallest absolute Gasteiger partial charge is 0.223 e. The van der Waals surface area contributed by atoms with Crippen molar-refractivity contribution in [3.63, 3.8) is 0 Å². The van der Waals surface area contributed by atoms with E-state index in [0.717, 1.165) is 17.1 Å². The van der Waals surface area contributed by atoms with Gasteiger partial charge < -0.3 is 4.90 Å². The molecule has 1 aliphatic rings. The zero-order valence-electron chi connectivity index (χ0n) is 10.9. The van der Waals surface area contributed by atoms with Gasteiger partial charge in [-0.25, -0.2) is 4.98 Å². The lowest BCUT2D eigenvalue weighted by molar-refractivity contribution is -0.132. The molecule has 19 heavy (non-hydrogen) atoms. The van der Waals surface area contributed by atoms with Crippen molar-refractivity contribution in [2.45, 2.75) is 32.9 Å². The number of thiazole rings is 1. The van der Waals surface area contributed by atoms with E-state index in [9.17, 15) is 4.79 Å². The van der Waals surface area contributed by atoms with Crippen LogP contribution in [0, 0.1) is 6.92 Å². The Morgan fingerprint density at radius 2 is 2.05 bits per heavy atom. The summed E-state index contributed by atoms with van der Waals surface area (Å²) < 4.78 is 0. The topological polar surface area (TPSA) is 33.2 Å². The van der Waals surface area contributed by atoms with E-state index in [1.807, 2.05) is 29.3 Å². The molecule has 2 aromatic rings. The first kappa shape index (κ1) is 12.4. The van der Waals surface area contributed by atoms with Crippen molar-refractivity contribution in [2.24, 2.45) is 0 Å². The van der Waals surface area contributed by atoms with Gasteiger partial charge in [0.2, 0.25) is 5.91 Å². The first-order chi connectivity index (χ1) is 9.22. The highest BCUT2D eigenvalue weighted by atomic mass is 32.1. The molecule has 1 aliphatic heterocycles. The minimum absolute atomic E-state index is 0.224. The Morgan fingerprint density at radius 1 is 1.26 bits per heavy atom. The maximum absolute atomic E-state index is 12.2. The molecule has 0 bridgehead atoms. The number of aromatic nitrogens is 1. The summed E-state index contributed by atoms with van der Waals surface area (Å²) in [5.41, 5.74) is 3.56. The molecule has 3 rings (SSSR count). The first-order valence-electron chi connectivity index (χ1n) is 6.48. The lowest BCUT2D eigenvalue weighted by Gasteiger charge is -2.20. The van der Waals surface area contributed by atoms with E-state index < -0.39 is 0 Å². The molecule has 0 unspecified atom stereocenters. The quantitative estimate of drug-likeness (QED) is 0.842. The molecule has 0 saturated carbocycles. The number of hydrogen-bond acceptors (Lipinski definition) is 3. The Bertz CT molecular complexity index is 606. The van der Waals surface area contributed by atoms with E-state index in [4.69, 9.17) is 0 Å². The van der Waals surface area contributed by atoms with Crippen LogP contribution in [0.2, 0.25) is 0 Å². The SMILES string of the molecule is Cc1nc(CN2Cc3ccccc3CCC2=O)cs1. The van der Waals surface area contributed by atoms with E-state index in [0.29, 0.717) is 19.5 Å². The highest BCUT2D eigenvalue weighted by molar-refractivity contribution is 7.09. The molecule has 0 saturated heterocycles. The van der Waals surface area contributed by atoms with E-state index >= 15 is 0 Å². The van der Waals surface area contributed by atoms with Crippen LogP contribution in [0.4, 0.5) is 0 Å². The van der Waals surface area contributed by atoms with Gasteiger partial charge in [0.25, 0.3) is 0 Å². The number of rotatable bonds is 2. The zero-order valence-corrected chi connectivity index (χ0v) is 11.7. The largest absolute Gasteiger partial charge is 0.332 e. The molecule has 0 spiro atoms. The molecular formula is C15H16N2OS. The van der Waals surface area contributed by atoms with Gasteiger partial charge >= 0.3 is 0 Å². The molecule has 98 valence electrons.